The number of sulfonamides is 1. The average molecular weight is 500 g/mol. The summed E-state index contributed by atoms with van der Waals surface area (Å²) >= 11 is 3.39. The van der Waals surface area contributed by atoms with Gasteiger partial charge in [0, 0.05) is 10.0 Å². The van der Waals surface area contributed by atoms with Crippen molar-refractivity contribution in [3.8, 4) is 0 Å². The first-order chi connectivity index (χ1) is 14.7. The Hall–Kier alpha value is -2.97. The van der Waals surface area contributed by atoms with E-state index < -0.39 is 10.0 Å². The lowest BCUT2D eigenvalue weighted by atomic mass is 10.1. The molecule has 1 N–H and O–H groups in total. The largest absolute Gasteiger partial charge is 0.271 e. The van der Waals surface area contributed by atoms with Gasteiger partial charge in [-0.05, 0) is 54.4 Å². The second-order valence-corrected chi connectivity index (χ2v) is 9.77. The molecule has 0 heterocycles. The fraction of sp³-hybridized carbons (Fsp3) is 0.130. The number of nitrogens with one attached hydrogen (secondary N) is 1. The highest BCUT2D eigenvalue weighted by Crippen LogP contribution is 2.20. The first kappa shape index (κ1) is 22.7. The fourth-order valence-corrected chi connectivity index (χ4v) is 4.03. The molecule has 0 aliphatic carbocycles. The van der Waals surface area contributed by atoms with Crippen LogP contribution in [0.25, 0.3) is 0 Å². The van der Waals surface area contributed by atoms with Crippen molar-refractivity contribution in [1.29, 1.82) is 0 Å². The summed E-state index contributed by atoms with van der Waals surface area (Å²) in [5.74, 6) is -0.342. The van der Waals surface area contributed by atoms with E-state index in [1.165, 1.54) is 10.6 Å². The van der Waals surface area contributed by atoms with Gasteiger partial charge in [0.1, 0.15) is 0 Å². The molecule has 0 saturated heterocycles. The Morgan fingerprint density at radius 2 is 1.52 bits per heavy atom. The first-order valence-corrected chi connectivity index (χ1v) is 12.1. The Bertz CT molecular complexity index is 1180. The lowest BCUT2D eigenvalue weighted by Crippen LogP contribution is -2.29. The summed E-state index contributed by atoms with van der Waals surface area (Å²) in [6.07, 6.45) is 1.17. The number of benzene rings is 3. The maximum absolute atomic E-state index is 12.4. The topological polar surface area (TPSA) is 78.8 Å². The first-order valence-electron chi connectivity index (χ1n) is 9.46. The smallest absolute Gasteiger partial charge is 0.267 e. The number of hydrogen-bond acceptors (Lipinski definition) is 4. The van der Waals surface area contributed by atoms with Crippen LogP contribution in [0.4, 0.5) is 5.69 Å². The maximum Gasteiger partial charge on any atom is 0.271 e. The lowest BCUT2D eigenvalue weighted by Gasteiger charge is -2.22. The summed E-state index contributed by atoms with van der Waals surface area (Å²) in [5.41, 5.74) is 5.92. The monoisotopic (exact) mass is 499 g/mol. The zero-order chi connectivity index (χ0) is 22.4. The van der Waals surface area contributed by atoms with E-state index in [-0.39, 0.29) is 12.5 Å². The van der Waals surface area contributed by atoms with Gasteiger partial charge in [-0.1, -0.05) is 58.4 Å². The predicted octanol–water partition coefficient (Wildman–Crippen LogP) is 4.57. The van der Waals surface area contributed by atoms with Crippen LogP contribution < -0.4 is 9.73 Å². The number of hydrazone groups is 1. The van der Waals surface area contributed by atoms with Gasteiger partial charge in [0.05, 0.1) is 24.2 Å². The predicted molar refractivity (Wildman–Crippen MR) is 128 cm³/mol. The number of carbonyl (C=O) groups is 1. The van der Waals surface area contributed by atoms with Crippen molar-refractivity contribution in [2.45, 2.75) is 13.5 Å². The number of hydrogen-bond donors (Lipinski definition) is 1. The molecule has 6 nitrogen and oxygen atoms in total. The van der Waals surface area contributed by atoms with Crippen molar-refractivity contribution >= 4 is 43.3 Å². The number of carbonyl (C=O) groups excluding carboxylic acids is 1. The van der Waals surface area contributed by atoms with Crippen LogP contribution in [0.3, 0.4) is 0 Å². The molecule has 3 aromatic rings. The molecule has 1 amide bonds. The summed E-state index contributed by atoms with van der Waals surface area (Å²) < 4.78 is 26.8. The molecule has 31 heavy (non-hydrogen) atoms. The Kier molecular flexibility index (Phi) is 7.25. The number of amides is 1. The molecule has 0 bridgehead atoms. The van der Waals surface area contributed by atoms with E-state index in [9.17, 15) is 13.2 Å². The van der Waals surface area contributed by atoms with Gasteiger partial charge in [0.15, 0.2) is 0 Å². The van der Waals surface area contributed by atoms with Crippen LogP contribution in [0.1, 0.15) is 28.4 Å². The van der Waals surface area contributed by atoms with E-state index in [2.05, 4.69) is 26.5 Å². The van der Waals surface area contributed by atoms with E-state index in [1.807, 2.05) is 37.3 Å². The van der Waals surface area contributed by atoms with E-state index in [0.29, 0.717) is 17.0 Å². The number of halogens is 1. The molecule has 0 spiro atoms. The summed E-state index contributed by atoms with van der Waals surface area (Å²) in [5, 5.41) is 4.16. The zero-order valence-electron chi connectivity index (χ0n) is 17.1. The highest BCUT2D eigenvalue weighted by Gasteiger charge is 2.17. The molecule has 0 aliphatic rings. The molecule has 0 unspecified atom stereocenters. The van der Waals surface area contributed by atoms with Crippen molar-refractivity contribution < 1.29 is 13.2 Å². The SMILES string of the molecule is C/C(=N\NC(=O)c1ccc(CN(c2ccccc2)S(C)(=O)=O)cc1)c1ccc(Br)cc1. The lowest BCUT2D eigenvalue weighted by molar-refractivity contribution is 0.0955. The van der Waals surface area contributed by atoms with Crippen molar-refractivity contribution in [2.75, 3.05) is 10.6 Å². The van der Waals surface area contributed by atoms with E-state index in [1.54, 1.807) is 48.5 Å². The number of para-hydroxylation sites is 1. The summed E-state index contributed by atoms with van der Waals surface area (Å²) in [6.45, 7) is 1.99. The van der Waals surface area contributed by atoms with Crippen LogP contribution in [0, 0.1) is 0 Å². The Morgan fingerprint density at radius 1 is 0.935 bits per heavy atom. The van der Waals surface area contributed by atoms with Gasteiger partial charge in [-0.25, -0.2) is 13.8 Å². The Labute approximate surface area is 190 Å². The van der Waals surface area contributed by atoms with Crippen LogP contribution >= 0.6 is 15.9 Å². The number of rotatable bonds is 7. The van der Waals surface area contributed by atoms with Crippen molar-refractivity contribution in [3.05, 3.63) is 100 Å². The number of anilines is 1. The average Bonchev–Trinajstić information content (AvgIpc) is 2.76. The molecule has 0 aliphatic heterocycles. The molecule has 3 aromatic carbocycles. The standard InChI is InChI=1S/C23H22BrN3O3S/c1-17(19-12-14-21(24)15-13-19)25-26-23(28)20-10-8-18(9-11-20)16-27(31(2,29)30)22-6-4-3-5-7-22/h3-15H,16H2,1-2H3,(H,26,28)/b25-17+. The second kappa shape index (κ2) is 9.89. The quantitative estimate of drug-likeness (QED) is 0.382. The van der Waals surface area contributed by atoms with E-state index >= 15 is 0 Å². The van der Waals surface area contributed by atoms with Crippen molar-refractivity contribution in [1.82, 2.24) is 5.43 Å². The van der Waals surface area contributed by atoms with Gasteiger partial charge in [0.2, 0.25) is 10.0 Å². The van der Waals surface area contributed by atoms with Crippen LogP contribution in [0.15, 0.2) is 88.4 Å². The highest BCUT2D eigenvalue weighted by molar-refractivity contribution is 9.10. The zero-order valence-corrected chi connectivity index (χ0v) is 19.5. The Balaban J connectivity index is 1.69. The fourth-order valence-electron chi connectivity index (χ4n) is 2.88. The summed E-state index contributed by atoms with van der Waals surface area (Å²) in [7, 11) is -3.46. The molecule has 0 aromatic heterocycles. The molecule has 0 atom stereocenters. The van der Waals surface area contributed by atoms with Crippen LogP contribution in [0.5, 0.6) is 0 Å². The van der Waals surface area contributed by atoms with Crippen LogP contribution in [-0.2, 0) is 16.6 Å². The highest BCUT2D eigenvalue weighted by atomic mass is 79.9. The third kappa shape index (κ3) is 6.26. The van der Waals surface area contributed by atoms with Gasteiger partial charge in [-0.2, -0.15) is 5.10 Å². The summed E-state index contributed by atoms with van der Waals surface area (Å²) in [4.78, 5) is 12.4. The number of nitrogens with zero attached hydrogens (tertiary/aromatic N) is 2. The van der Waals surface area contributed by atoms with Gasteiger partial charge < -0.3 is 0 Å². The van der Waals surface area contributed by atoms with Crippen molar-refractivity contribution in [3.63, 3.8) is 0 Å². The molecule has 8 heteroatoms. The second-order valence-electron chi connectivity index (χ2n) is 6.95. The minimum atomic E-state index is -3.46. The minimum Gasteiger partial charge on any atom is -0.267 e. The van der Waals surface area contributed by atoms with Gasteiger partial charge >= 0.3 is 0 Å². The molecule has 0 fully saturated rings. The molecule has 3 rings (SSSR count). The van der Waals surface area contributed by atoms with E-state index in [0.717, 1.165) is 15.6 Å². The van der Waals surface area contributed by atoms with Gasteiger partial charge in [0.25, 0.3) is 5.91 Å². The van der Waals surface area contributed by atoms with E-state index in [4.69, 9.17) is 0 Å². The van der Waals surface area contributed by atoms with Crippen LogP contribution in [0.2, 0.25) is 0 Å². The van der Waals surface area contributed by atoms with Gasteiger partial charge in [-0.3, -0.25) is 9.10 Å². The third-order valence-corrected chi connectivity index (χ3v) is 6.24. The van der Waals surface area contributed by atoms with Crippen molar-refractivity contribution in [2.24, 2.45) is 5.10 Å². The Morgan fingerprint density at radius 3 is 2.10 bits per heavy atom. The third-order valence-electron chi connectivity index (χ3n) is 4.57. The molecule has 160 valence electrons. The van der Waals surface area contributed by atoms with Crippen LogP contribution in [-0.4, -0.2) is 26.3 Å². The molecule has 0 saturated carbocycles. The summed E-state index contributed by atoms with van der Waals surface area (Å²) in [6, 6.07) is 23.3. The minimum absolute atomic E-state index is 0.172. The van der Waals surface area contributed by atoms with Gasteiger partial charge in [-0.15, -0.1) is 0 Å². The normalized spacial score (nSPS) is 11.8. The maximum atomic E-state index is 12.4. The molecular weight excluding hydrogens is 478 g/mol. The molecule has 0 radical (unpaired) electrons. The molecular formula is C23H22BrN3O3S.